The van der Waals surface area contributed by atoms with Crippen LogP contribution in [0.1, 0.15) is 31.7 Å². The van der Waals surface area contributed by atoms with Crippen LogP contribution in [0.25, 0.3) is 5.57 Å². The second-order valence-corrected chi connectivity index (χ2v) is 9.57. The van der Waals surface area contributed by atoms with Crippen molar-refractivity contribution in [3.8, 4) is 0 Å². The molecule has 154 valence electrons. The molecule has 28 heavy (non-hydrogen) atoms. The summed E-state index contributed by atoms with van der Waals surface area (Å²) in [6.45, 7) is 6.74. The molecule has 1 aromatic rings. The molecule has 3 rings (SSSR count). The summed E-state index contributed by atoms with van der Waals surface area (Å²) in [7, 11) is -3.06. The normalized spacial score (nSPS) is 20.1. The highest BCUT2D eigenvalue weighted by Crippen LogP contribution is 2.23. The van der Waals surface area contributed by atoms with E-state index in [1.165, 1.54) is 17.4 Å². The summed E-state index contributed by atoms with van der Waals surface area (Å²) in [5.41, 5.74) is 2.71. The van der Waals surface area contributed by atoms with Crippen LogP contribution in [-0.4, -0.2) is 69.1 Å². The van der Waals surface area contributed by atoms with Gasteiger partial charge in [0.1, 0.15) is 0 Å². The Labute approximate surface area is 169 Å². The van der Waals surface area contributed by atoms with Gasteiger partial charge in [-0.25, -0.2) is 12.7 Å². The van der Waals surface area contributed by atoms with Gasteiger partial charge in [-0.15, -0.1) is 0 Å². The van der Waals surface area contributed by atoms with Crippen LogP contribution < -0.4 is 5.32 Å². The van der Waals surface area contributed by atoms with E-state index in [0.717, 1.165) is 51.4 Å². The number of piperidine rings is 1. The molecule has 6 nitrogen and oxygen atoms in total. The third-order valence-electron chi connectivity index (χ3n) is 5.53. The zero-order chi connectivity index (χ0) is 20.0. The van der Waals surface area contributed by atoms with E-state index in [9.17, 15) is 8.42 Å². The molecule has 0 radical (unpaired) electrons. The predicted octanol–water partition coefficient (Wildman–Crippen LogP) is 2.41. The summed E-state index contributed by atoms with van der Waals surface area (Å²) in [6, 6.07) is 10.6. The average molecular weight is 405 g/mol. The zero-order valence-corrected chi connectivity index (χ0v) is 17.8. The molecule has 2 aliphatic rings. The topological polar surface area (TPSA) is 65.0 Å². The first-order chi connectivity index (χ1) is 13.5. The molecular formula is C21H32N4O2S. The third-order valence-corrected chi connectivity index (χ3v) is 6.83. The maximum atomic E-state index is 11.7. The number of guanidine groups is 1. The summed E-state index contributed by atoms with van der Waals surface area (Å²) < 4.78 is 24.9. The quantitative estimate of drug-likeness (QED) is 0.605. The molecule has 1 N–H and O–H groups in total. The Morgan fingerprint density at radius 1 is 1.18 bits per heavy atom. The van der Waals surface area contributed by atoms with E-state index in [4.69, 9.17) is 4.99 Å². The molecule has 0 atom stereocenters. The Morgan fingerprint density at radius 3 is 2.46 bits per heavy atom. The van der Waals surface area contributed by atoms with Gasteiger partial charge in [0.15, 0.2) is 5.96 Å². The van der Waals surface area contributed by atoms with E-state index in [1.54, 1.807) is 4.31 Å². The molecular weight excluding hydrogens is 372 g/mol. The summed E-state index contributed by atoms with van der Waals surface area (Å²) in [5.74, 6) is 1.42. The van der Waals surface area contributed by atoms with Gasteiger partial charge in [-0.05, 0) is 43.2 Å². The van der Waals surface area contributed by atoms with Gasteiger partial charge in [0.2, 0.25) is 10.0 Å². The summed E-state index contributed by atoms with van der Waals surface area (Å²) in [6.07, 6.45) is 6.38. The molecule has 0 spiro atoms. The first-order valence-corrected chi connectivity index (χ1v) is 12.0. The molecule has 7 heteroatoms. The predicted molar refractivity (Wildman–Crippen MR) is 116 cm³/mol. The van der Waals surface area contributed by atoms with E-state index in [0.29, 0.717) is 19.0 Å². The number of sulfonamides is 1. The van der Waals surface area contributed by atoms with Crippen molar-refractivity contribution < 1.29 is 8.42 Å². The second kappa shape index (κ2) is 9.56. The van der Waals surface area contributed by atoms with Crippen molar-refractivity contribution in [2.45, 2.75) is 26.2 Å². The van der Waals surface area contributed by atoms with Crippen molar-refractivity contribution >= 4 is 21.6 Å². The lowest BCUT2D eigenvalue weighted by Crippen LogP contribution is -2.44. The van der Waals surface area contributed by atoms with Crippen molar-refractivity contribution in [2.75, 3.05) is 45.5 Å². The third kappa shape index (κ3) is 5.58. The molecule has 1 fully saturated rings. The van der Waals surface area contributed by atoms with E-state index >= 15 is 0 Å². The lowest BCUT2D eigenvalue weighted by Gasteiger charge is -2.31. The molecule has 1 saturated heterocycles. The molecule has 2 heterocycles. The Balaban J connectivity index is 1.57. The van der Waals surface area contributed by atoms with E-state index in [-0.39, 0.29) is 0 Å². The van der Waals surface area contributed by atoms with Crippen molar-refractivity contribution in [3.05, 3.63) is 42.0 Å². The van der Waals surface area contributed by atoms with Crippen LogP contribution in [0, 0.1) is 5.92 Å². The van der Waals surface area contributed by atoms with Gasteiger partial charge >= 0.3 is 0 Å². The molecule has 0 aliphatic carbocycles. The molecule has 0 unspecified atom stereocenters. The van der Waals surface area contributed by atoms with E-state index in [1.807, 2.05) is 0 Å². The monoisotopic (exact) mass is 404 g/mol. The molecule has 0 bridgehead atoms. The van der Waals surface area contributed by atoms with Crippen LogP contribution in [-0.2, 0) is 10.0 Å². The smallest absolute Gasteiger partial charge is 0.211 e. The van der Waals surface area contributed by atoms with Crippen LogP contribution in [0.3, 0.4) is 0 Å². The van der Waals surface area contributed by atoms with Gasteiger partial charge in [0.05, 0.1) is 6.26 Å². The number of nitrogens with one attached hydrogen (secondary N) is 1. The van der Waals surface area contributed by atoms with Crippen LogP contribution in [0.2, 0.25) is 0 Å². The molecule has 1 aromatic carbocycles. The molecule has 0 amide bonds. The number of benzene rings is 1. The SMILES string of the molecule is CCNC(=NCC1CCN(S(C)(=O)=O)CC1)N1CC=C(c2ccccc2)CC1. The van der Waals surface area contributed by atoms with Crippen molar-refractivity contribution in [3.63, 3.8) is 0 Å². The number of rotatable bonds is 5. The minimum atomic E-state index is -3.06. The Kier molecular flexibility index (Phi) is 7.13. The summed E-state index contributed by atoms with van der Waals surface area (Å²) in [4.78, 5) is 7.19. The van der Waals surface area contributed by atoms with Gasteiger partial charge in [-0.2, -0.15) is 0 Å². The van der Waals surface area contributed by atoms with E-state index < -0.39 is 10.0 Å². The highest BCUT2D eigenvalue weighted by molar-refractivity contribution is 7.88. The average Bonchev–Trinajstić information content (AvgIpc) is 2.71. The Hall–Kier alpha value is -1.86. The van der Waals surface area contributed by atoms with Crippen LogP contribution in [0.15, 0.2) is 41.4 Å². The van der Waals surface area contributed by atoms with Crippen molar-refractivity contribution in [1.82, 2.24) is 14.5 Å². The standard InChI is InChI=1S/C21H32N4O2S/c1-3-22-21(23-17-18-9-15-25(16-10-18)28(2,26)27)24-13-11-20(12-14-24)19-7-5-4-6-8-19/h4-8,11,18H,3,9-10,12-17H2,1-2H3,(H,22,23). The highest BCUT2D eigenvalue weighted by atomic mass is 32.2. The summed E-state index contributed by atoms with van der Waals surface area (Å²) >= 11 is 0. The van der Waals surface area contributed by atoms with Crippen molar-refractivity contribution in [2.24, 2.45) is 10.9 Å². The number of aliphatic imine (C=N–C) groups is 1. The highest BCUT2D eigenvalue weighted by Gasteiger charge is 2.25. The zero-order valence-electron chi connectivity index (χ0n) is 17.0. The Bertz CT molecular complexity index is 797. The second-order valence-electron chi connectivity index (χ2n) is 7.59. The first kappa shape index (κ1) is 20.9. The minimum Gasteiger partial charge on any atom is -0.357 e. The number of hydrogen-bond acceptors (Lipinski definition) is 3. The Morgan fingerprint density at radius 2 is 1.89 bits per heavy atom. The fourth-order valence-electron chi connectivity index (χ4n) is 3.84. The molecule has 0 saturated carbocycles. The largest absolute Gasteiger partial charge is 0.357 e. The summed E-state index contributed by atoms with van der Waals surface area (Å²) in [5, 5.41) is 3.42. The fourth-order valence-corrected chi connectivity index (χ4v) is 4.71. The van der Waals surface area contributed by atoms with Gasteiger partial charge in [-0.1, -0.05) is 36.4 Å². The number of hydrogen-bond donors (Lipinski definition) is 1. The maximum absolute atomic E-state index is 11.7. The van der Waals surface area contributed by atoms with Gasteiger partial charge < -0.3 is 10.2 Å². The van der Waals surface area contributed by atoms with Gasteiger partial charge in [-0.3, -0.25) is 4.99 Å². The minimum absolute atomic E-state index is 0.451. The van der Waals surface area contributed by atoms with Crippen molar-refractivity contribution in [1.29, 1.82) is 0 Å². The van der Waals surface area contributed by atoms with Crippen LogP contribution in [0.4, 0.5) is 0 Å². The molecule has 2 aliphatic heterocycles. The number of nitrogens with zero attached hydrogens (tertiary/aromatic N) is 3. The van der Waals surface area contributed by atoms with Crippen LogP contribution >= 0.6 is 0 Å². The van der Waals surface area contributed by atoms with E-state index in [2.05, 4.69) is 53.5 Å². The van der Waals surface area contributed by atoms with Crippen LogP contribution in [0.5, 0.6) is 0 Å². The molecule has 0 aromatic heterocycles. The van der Waals surface area contributed by atoms with Gasteiger partial charge in [0.25, 0.3) is 0 Å². The fraction of sp³-hybridized carbons (Fsp3) is 0.571. The maximum Gasteiger partial charge on any atom is 0.211 e. The lowest BCUT2D eigenvalue weighted by atomic mass is 9.98. The lowest BCUT2D eigenvalue weighted by molar-refractivity contribution is 0.279. The first-order valence-electron chi connectivity index (χ1n) is 10.2. The van der Waals surface area contributed by atoms with Gasteiger partial charge in [0, 0.05) is 39.3 Å².